The number of nitrogens with one attached hydrogen (secondary N) is 1. The van der Waals surface area contributed by atoms with E-state index >= 15 is 0 Å². The van der Waals surface area contributed by atoms with Crippen molar-refractivity contribution >= 4 is 29.2 Å². The maximum Gasteiger partial charge on any atom is 0.342 e. The highest BCUT2D eigenvalue weighted by atomic mass is 35.5. The van der Waals surface area contributed by atoms with Crippen molar-refractivity contribution in [1.29, 1.82) is 0 Å². The summed E-state index contributed by atoms with van der Waals surface area (Å²) < 4.78 is 4.89. The van der Waals surface area contributed by atoms with E-state index in [4.69, 9.17) is 16.3 Å². The second-order valence-electron chi connectivity index (χ2n) is 5.58. The first-order valence-electron chi connectivity index (χ1n) is 7.55. The Labute approximate surface area is 151 Å². The van der Waals surface area contributed by atoms with E-state index in [0.29, 0.717) is 6.54 Å². The molecule has 6 nitrogen and oxygen atoms in total. The van der Waals surface area contributed by atoms with Crippen molar-refractivity contribution in [3.05, 3.63) is 58.6 Å². The van der Waals surface area contributed by atoms with Gasteiger partial charge in [-0.05, 0) is 35.9 Å². The molecule has 1 amide bonds. The summed E-state index contributed by atoms with van der Waals surface area (Å²) in [7, 11) is 3.89. The average Bonchev–Trinajstić information content (AvgIpc) is 2.60. The number of nitrogens with zero attached hydrogens (tertiary/aromatic N) is 1. The molecule has 0 spiro atoms. The first kappa shape index (κ1) is 18.6. The van der Waals surface area contributed by atoms with Crippen LogP contribution in [0.5, 0.6) is 5.75 Å². The van der Waals surface area contributed by atoms with E-state index in [0.717, 1.165) is 11.3 Å². The van der Waals surface area contributed by atoms with Crippen LogP contribution < -0.4 is 10.2 Å². The predicted molar refractivity (Wildman–Crippen MR) is 96.0 cm³/mol. The highest BCUT2D eigenvalue weighted by Gasteiger charge is 2.15. The van der Waals surface area contributed by atoms with Crippen molar-refractivity contribution in [2.45, 2.75) is 6.54 Å². The van der Waals surface area contributed by atoms with E-state index in [-0.39, 0.29) is 16.3 Å². The summed E-state index contributed by atoms with van der Waals surface area (Å²) in [6.45, 7) is -0.118. The zero-order valence-electron chi connectivity index (χ0n) is 14.0. The quantitative estimate of drug-likeness (QED) is 0.772. The topological polar surface area (TPSA) is 78.9 Å². The third kappa shape index (κ3) is 5.39. The first-order valence-corrected chi connectivity index (χ1v) is 7.93. The molecule has 0 aliphatic heterocycles. The standard InChI is InChI=1S/C18H19ClN2O4/c1-21(2)14-6-3-12(4-7-14)10-20-17(23)11-25-18(24)15-9-13(19)5-8-16(15)22/h3-9,22H,10-11H2,1-2H3,(H,20,23). The number of halogens is 1. The minimum Gasteiger partial charge on any atom is -0.507 e. The fourth-order valence-electron chi connectivity index (χ4n) is 2.04. The summed E-state index contributed by atoms with van der Waals surface area (Å²) in [6, 6.07) is 11.7. The molecule has 0 aromatic heterocycles. The lowest BCUT2D eigenvalue weighted by Crippen LogP contribution is -2.28. The Morgan fingerprint density at radius 2 is 1.84 bits per heavy atom. The van der Waals surface area contributed by atoms with Crippen molar-refractivity contribution in [2.24, 2.45) is 0 Å². The fraction of sp³-hybridized carbons (Fsp3) is 0.222. The van der Waals surface area contributed by atoms with Crippen LogP contribution >= 0.6 is 11.6 Å². The van der Waals surface area contributed by atoms with Gasteiger partial charge in [-0.3, -0.25) is 4.79 Å². The van der Waals surface area contributed by atoms with Crippen molar-refractivity contribution in [2.75, 3.05) is 25.6 Å². The summed E-state index contributed by atoms with van der Waals surface area (Å²) in [5.41, 5.74) is 1.91. The largest absolute Gasteiger partial charge is 0.507 e. The number of anilines is 1. The van der Waals surface area contributed by atoms with Crippen LogP contribution in [0, 0.1) is 0 Å². The average molecular weight is 363 g/mol. The SMILES string of the molecule is CN(C)c1ccc(CNC(=O)COC(=O)c2cc(Cl)ccc2O)cc1. The smallest absolute Gasteiger partial charge is 0.342 e. The Morgan fingerprint density at radius 1 is 1.16 bits per heavy atom. The number of hydrogen-bond acceptors (Lipinski definition) is 5. The molecule has 2 N–H and O–H groups in total. The molecule has 0 saturated carbocycles. The number of esters is 1. The summed E-state index contributed by atoms with van der Waals surface area (Å²) in [6.07, 6.45) is 0. The lowest BCUT2D eigenvalue weighted by molar-refractivity contribution is -0.124. The molecule has 2 aromatic rings. The summed E-state index contributed by atoms with van der Waals surface area (Å²) in [4.78, 5) is 25.6. The first-order chi connectivity index (χ1) is 11.9. The number of carbonyl (C=O) groups excluding carboxylic acids is 2. The molecule has 7 heteroatoms. The fourth-order valence-corrected chi connectivity index (χ4v) is 2.22. The van der Waals surface area contributed by atoms with Gasteiger partial charge in [0, 0.05) is 31.4 Å². The molecule has 0 aliphatic carbocycles. The van der Waals surface area contributed by atoms with Crippen LogP contribution in [-0.2, 0) is 16.1 Å². The Kier molecular flexibility index (Phi) is 6.25. The zero-order chi connectivity index (χ0) is 18.4. The lowest BCUT2D eigenvalue weighted by atomic mass is 10.2. The van der Waals surface area contributed by atoms with Gasteiger partial charge in [0.05, 0.1) is 0 Å². The van der Waals surface area contributed by atoms with Crippen LogP contribution in [0.25, 0.3) is 0 Å². The molecule has 0 bridgehead atoms. The van der Waals surface area contributed by atoms with E-state index in [1.165, 1.54) is 18.2 Å². The van der Waals surface area contributed by atoms with Gasteiger partial charge in [0.2, 0.25) is 0 Å². The third-order valence-corrected chi connectivity index (χ3v) is 3.69. The maximum absolute atomic E-state index is 11.9. The molecular formula is C18H19ClN2O4. The predicted octanol–water partition coefficient (Wildman–Crippen LogP) is 2.58. The monoisotopic (exact) mass is 362 g/mol. The normalized spacial score (nSPS) is 10.2. The van der Waals surface area contributed by atoms with E-state index in [1.807, 2.05) is 43.3 Å². The maximum atomic E-state index is 11.9. The Balaban J connectivity index is 1.82. The van der Waals surface area contributed by atoms with Gasteiger partial charge in [-0.15, -0.1) is 0 Å². The Morgan fingerprint density at radius 3 is 2.48 bits per heavy atom. The molecule has 0 aliphatic rings. The Bertz CT molecular complexity index is 760. The number of amides is 1. The van der Waals surface area contributed by atoms with Crippen molar-refractivity contribution in [3.8, 4) is 5.75 Å². The van der Waals surface area contributed by atoms with Gasteiger partial charge < -0.3 is 20.1 Å². The number of aromatic hydroxyl groups is 1. The number of phenols is 1. The molecule has 0 saturated heterocycles. The van der Waals surface area contributed by atoms with Crippen LogP contribution in [0.2, 0.25) is 5.02 Å². The van der Waals surface area contributed by atoms with Crippen LogP contribution in [0.3, 0.4) is 0 Å². The number of benzene rings is 2. The van der Waals surface area contributed by atoms with Gasteiger partial charge in [-0.2, -0.15) is 0 Å². The van der Waals surface area contributed by atoms with Crippen LogP contribution in [0.4, 0.5) is 5.69 Å². The second-order valence-corrected chi connectivity index (χ2v) is 6.01. The van der Waals surface area contributed by atoms with Gasteiger partial charge in [0.1, 0.15) is 11.3 Å². The molecule has 0 radical (unpaired) electrons. The van der Waals surface area contributed by atoms with Crippen LogP contribution in [-0.4, -0.2) is 37.7 Å². The minimum atomic E-state index is -0.814. The third-order valence-electron chi connectivity index (χ3n) is 3.46. The van der Waals surface area contributed by atoms with Gasteiger partial charge >= 0.3 is 5.97 Å². The van der Waals surface area contributed by atoms with Gasteiger partial charge in [0.25, 0.3) is 5.91 Å². The van der Waals surface area contributed by atoms with E-state index in [9.17, 15) is 14.7 Å². The minimum absolute atomic E-state index is 0.0837. The second kappa shape index (κ2) is 8.39. The molecule has 2 aromatic carbocycles. The van der Waals surface area contributed by atoms with Crippen molar-refractivity contribution in [1.82, 2.24) is 5.32 Å². The molecule has 2 rings (SSSR count). The summed E-state index contributed by atoms with van der Waals surface area (Å²) >= 11 is 5.77. The van der Waals surface area contributed by atoms with E-state index in [1.54, 1.807) is 0 Å². The van der Waals surface area contributed by atoms with Crippen LogP contribution in [0.1, 0.15) is 15.9 Å². The van der Waals surface area contributed by atoms with Gasteiger partial charge in [0.15, 0.2) is 6.61 Å². The summed E-state index contributed by atoms with van der Waals surface area (Å²) in [5.74, 6) is -1.51. The van der Waals surface area contributed by atoms with Gasteiger partial charge in [-0.25, -0.2) is 4.79 Å². The van der Waals surface area contributed by atoms with Gasteiger partial charge in [-0.1, -0.05) is 23.7 Å². The van der Waals surface area contributed by atoms with Crippen molar-refractivity contribution in [3.63, 3.8) is 0 Å². The summed E-state index contributed by atoms with van der Waals surface area (Å²) in [5, 5.41) is 12.6. The number of hydrogen-bond donors (Lipinski definition) is 2. The molecule has 25 heavy (non-hydrogen) atoms. The zero-order valence-corrected chi connectivity index (χ0v) is 14.7. The number of phenolic OH excluding ortho intramolecular Hbond substituents is 1. The van der Waals surface area contributed by atoms with E-state index in [2.05, 4.69) is 5.32 Å². The Hall–Kier alpha value is -2.73. The van der Waals surface area contributed by atoms with E-state index < -0.39 is 18.5 Å². The molecule has 0 atom stereocenters. The highest BCUT2D eigenvalue weighted by Crippen LogP contribution is 2.22. The molecule has 0 fully saturated rings. The lowest BCUT2D eigenvalue weighted by Gasteiger charge is -2.13. The highest BCUT2D eigenvalue weighted by molar-refractivity contribution is 6.31. The molecular weight excluding hydrogens is 344 g/mol. The molecule has 132 valence electrons. The number of ether oxygens (including phenoxy) is 1. The van der Waals surface area contributed by atoms with Crippen LogP contribution in [0.15, 0.2) is 42.5 Å². The molecule has 0 heterocycles. The number of rotatable bonds is 6. The number of carbonyl (C=O) groups is 2. The van der Waals surface area contributed by atoms with Crippen molar-refractivity contribution < 1.29 is 19.4 Å². The molecule has 0 unspecified atom stereocenters.